The minimum atomic E-state index is -0.453. The number of rotatable bonds is 5. The third-order valence-corrected chi connectivity index (χ3v) is 5.72. The maximum atomic E-state index is 12.8. The van der Waals surface area contributed by atoms with Crippen LogP contribution in [0.4, 0.5) is 0 Å². The van der Waals surface area contributed by atoms with Crippen LogP contribution in [0.3, 0.4) is 0 Å². The maximum absolute atomic E-state index is 12.8. The molecule has 0 fully saturated rings. The number of nitrogens with zero attached hydrogens (tertiary/aromatic N) is 2. The van der Waals surface area contributed by atoms with Crippen molar-refractivity contribution < 1.29 is 14.3 Å². The summed E-state index contributed by atoms with van der Waals surface area (Å²) in [6.45, 7) is 2.11. The lowest BCUT2D eigenvalue weighted by molar-refractivity contribution is -0.123. The Morgan fingerprint density at radius 3 is 2.50 bits per heavy atom. The maximum Gasteiger partial charge on any atom is 0.283 e. The molecule has 0 atom stereocenters. The average Bonchev–Trinajstić information content (AvgIpc) is 3.08. The van der Waals surface area contributed by atoms with E-state index in [0.717, 1.165) is 20.6 Å². The van der Waals surface area contributed by atoms with E-state index in [1.165, 1.54) is 0 Å². The van der Waals surface area contributed by atoms with E-state index in [-0.39, 0.29) is 0 Å². The number of carbonyl (C=O) groups is 2. The van der Waals surface area contributed by atoms with Crippen LogP contribution in [-0.2, 0) is 11.4 Å². The van der Waals surface area contributed by atoms with E-state index in [4.69, 9.17) is 16.3 Å². The van der Waals surface area contributed by atoms with E-state index in [1.54, 1.807) is 37.3 Å². The Labute approximate surface area is 199 Å². The lowest BCUT2D eigenvalue weighted by Crippen LogP contribution is -2.29. The molecule has 0 saturated heterocycles. The van der Waals surface area contributed by atoms with Gasteiger partial charge in [0.05, 0.1) is 15.8 Å². The highest BCUT2D eigenvalue weighted by molar-refractivity contribution is 9.10. The second-order valence-corrected chi connectivity index (χ2v) is 8.43. The third-order valence-electron chi connectivity index (χ3n) is 4.85. The van der Waals surface area contributed by atoms with Crippen molar-refractivity contribution in [2.45, 2.75) is 13.5 Å². The summed E-state index contributed by atoms with van der Waals surface area (Å²) < 4.78 is 6.62. The number of hydrazone groups is 1. The van der Waals surface area contributed by atoms with Crippen LogP contribution in [0.15, 0.2) is 87.9 Å². The zero-order valence-electron chi connectivity index (χ0n) is 17.1. The normalized spacial score (nSPS) is 14.6. The highest BCUT2D eigenvalue weighted by Gasteiger charge is 2.32. The highest BCUT2D eigenvalue weighted by Crippen LogP contribution is 2.29. The molecule has 3 aromatic carbocycles. The zero-order valence-corrected chi connectivity index (χ0v) is 19.4. The number of hydrogen-bond donors (Lipinski definition) is 0. The van der Waals surface area contributed by atoms with Gasteiger partial charge in [-0.1, -0.05) is 48.0 Å². The van der Waals surface area contributed by atoms with Crippen molar-refractivity contribution in [1.29, 1.82) is 0 Å². The lowest BCUT2D eigenvalue weighted by atomic mass is 10.1. The van der Waals surface area contributed by atoms with Crippen LogP contribution >= 0.6 is 27.5 Å². The largest absolute Gasteiger partial charge is 0.488 e. The van der Waals surface area contributed by atoms with Gasteiger partial charge in [-0.2, -0.15) is 10.1 Å². The summed E-state index contributed by atoms with van der Waals surface area (Å²) in [7, 11) is 0. The molecule has 0 unspecified atom stereocenters. The van der Waals surface area contributed by atoms with Gasteiger partial charge < -0.3 is 4.74 Å². The summed E-state index contributed by atoms with van der Waals surface area (Å²) in [5, 5.41) is 5.76. The Hall–Kier alpha value is -3.22. The van der Waals surface area contributed by atoms with Crippen molar-refractivity contribution in [1.82, 2.24) is 5.01 Å². The van der Waals surface area contributed by atoms with Crippen molar-refractivity contribution in [2.24, 2.45) is 5.10 Å². The molecule has 4 rings (SSSR count). The SMILES string of the molecule is CC1=NN(C(=O)c2ccccc2)C(=O)/C1=C/c1ccc(OCc2ccc(Cl)cc2)c(Br)c1. The third kappa shape index (κ3) is 4.82. The molecule has 0 bridgehead atoms. The summed E-state index contributed by atoms with van der Waals surface area (Å²) in [6.07, 6.45) is 1.72. The molecule has 2 amide bonds. The number of hydrogen-bond acceptors (Lipinski definition) is 4. The molecular formula is C25H18BrClN2O3. The van der Waals surface area contributed by atoms with Crippen molar-refractivity contribution in [3.05, 3.63) is 105 Å². The number of benzene rings is 3. The number of ether oxygens (including phenoxy) is 1. The second-order valence-electron chi connectivity index (χ2n) is 7.14. The standard InChI is InChI=1S/C25H18BrClN2O3/c1-16-21(25(31)29(28-16)24(30)19-5-3-2-4-6-19)13-18-9-12-23(22(26)14-18)32-15-17-7-10-20(27)11-8-17/h2-14H,15H2,1H3/b21-13+. The average molecular weight is 510 g/mol. The van der Waals surface area contributed by atoms with Gasteiger partial charge in [0.25, 0.3) is 11.8 Å². The van der Waals surface area contributed by atoms with Crippen molar-refractivity contribution in [3.63, 3.8) is 0 Å². The van der Waals surface area contributed by atoms with E-state index in [9.17, 15) is 9.59 Å². The Morgan fingerprint density at radius 1 is 1.09 bits per heavy atom. The first kappa shape index (κ1) is 22.0. The summed E-state index contributed by atoms with van der Waals surface area (Å²) in [6, 6.07) is 21.6. The fourth-order valence-electron chi connectivity index (χ4n) is 3.16. The number of amides is 2. The summed E-state index contributed by atoms with van der Waals surface area (Å²) in [5.74, 6) is -0.230. The number of imide groups is 1. The predicted octanol–water partition coefficient (Wildman–Crippen LogP) is 6.12. The smallest absolute Gasteiger partial charge is 0.283 e. The molecule has 1 aliphatic heterocycles. The van der Waals surface area contributed by atoms with Crippen molar-refractivity contribution >= 4 is 51.1 Å². The van der Waals surface area contributed by atoms with Crippen LogP contribution in [0.5, 0.6) is 5.75 Å². The fraction of sp³-hybridized carbons (Fsp3) is 0.0800. The van der Waals surface area contributed by atoms with Crippen LogP contribution in [0.1, 0.15) is 28.4 Å². The molecule has 1 heterocycles. The summed E-state index contributed by atoms with van der Waals surface area (Å²) in [4.78, 5) is 25.5. The van der Waals surface area contributed by atoms with E-state index in [1.807, 2.05) is 48.5 Å². The summed E-state index contributed by atoms with van der Waals surface area (Å²) in [5.41, 5.74) is 3.04. The van der Waals surface area contributed by atoms with Crippen LogP contribution in [0.25, 0.3) is 6.08 Å². The Kier molecular flexibility index (Phi) is 6.53. The molecule has 3 aromatic rings. The molecule has 0 N–H and O–H groups in total. The molecule has 5 nitrogen and oxygen atoms in total. The van der Waals surface area contributed by atoms with Crippen molar-refractivity contribution in [3.8, 4) is 5.75 Å². The van der Waals surface area contributed by atoms with Crippen LogP contribution in [0.2, 0.25) is 5.02 Å². The molecule has 0 spiro atoms. The zero-order chi connectivity index (χ0) is 22.7. The van der Waals surface area contributed by atoms with Crippen LogP contribution in [-0.4, -0.2) is 22.5 Å². The van der Waals surface area contributed by atoms with E-state index >= 15 is 0 Å². The minimum Gasteiger partial charge on any atom is -0.488 e. The van der Waals surface area contributed by atoms with Crippen molar-refractivity contribution in [2.75, 3.05) is 0 Å². The van der Waals surface area contributed by atoms with Gasteiger partial charge in [-0.3, -0.25) is 9.59 Å². The Balaban J connectivity index is 1.49. The first-order chi connectivity index (χ1) is 15.4. The Morgan fingerprint density at radius 2 is 1.81 bits per heavy atom. The predicted molar refractivity (Wildman–Crippen MR) is 129 cm³/mol. The first-order valence-corrected chi connectivity index (χ1v) is 11.0. The number of halogens is 2. The molecule has 0 saturated carbocycles. The van der Waals surface area contributed by atoms with Crippen LogP contribution < -0.4 is 4.74 Å². The second kappa shape index (κ2) is 9.51. The van der Waals surface area contributed by atoms with Gasteiger partial charge in [0.2, 0.25) is 0 Å². The van der Waals surface area contributed by atoms with Gasteiger partial charge in [-0.05, 0) is 76.5 Å². The fourth-order valence-corrected chi connectivity index (χ4v) is 3.79. The van der Waals surface area contributed by atoms with Gasteiger partial charge >= 0.3 is 0 Å². The molecule has 32 heavy (non-hydrogen) atoms. The molecule has 0 radical (unpaired) electrons. The molecule has 0 aromatic heterocycles. The molecular weight excluding hydrogens is 492 g/mol. The lowest BCUT2D eigenvalue weighted by Gasteiger charge is -2.10. The minimum absolute atomic E-state index is 0.371. The van der Waals surface area contributed by atoms with Gasteiger partial charge in [0, 0.05) is 10.6 Å². The van der Waals surface area contributed by atoms with Gasteiger partial charge in [0.15, 0.2) is 0 Å². The van der Waals surface area contributed by atoms with Gasteiger partial charge in [-0.25, -0.2) is 0 Å². The first-order valence-electron chi connectivity index (χ1n) is 9.80. The van der Waals surface area contributed by atoms with Crippen LogP contribution in [0, 0.1) is 0 Å². The highest BCUT2D eigenvalue weighted by atomic mass is 79.9. The van der Waals surface area contributed by atoms with Gasteiger partial charge in [-0.15, -0.1) is 0 Å². The topological polar surface area (TPSA) is 59.0 Å². The number of carbonyl (C=O) groups excluding carboxylic acids is 2. The Bertz CT molecular complexity index is 1240. The van der Waals surface area contributed by atoms with E-state index in [0.29, 0.717) is 34.2 Å². The van der Waals surface area contributed by atoms with Gasteiger partial charge in [0.1, 0.15) is 12.4 Å². The van der Waals surface area contributed by atoms with E-state index < -0.39 is 11.8 Å². The molecule has 0 aliphatic carbocycles. The quantitative estimate of drug-likeness (QED) is 0.307. The molecule has 1 aliphatic rings. The van der Waals surface area contributed by atoms with E-state index in [2.05, 4.69) is 21.0 Å². The summed E-state index contributed by atoms with van der Waals surface area (Å²) >= 11 is 9.43. The molecule has 160 valence electrons. The monoisotopic (exact) mass is 508 g/mol. The molecule has 7 heteroatoms.